The standard InChI is InChI=1S/C15H29N3/c1-6-9-16-12-15(5,7-2)11-14-10-13(4)17-18(14)8-3/h10,16H,6-9,11-12H2,1-5H3. The van der Waals surface area contributed by atoms with Gasteiger partial charge in [-0.05, 0) is 51.1 Å². The van der Waals surface area contributed by atoms with E-state index in [9.17, 15) is 0 Å². The number of nitrogens with zero attached hydrogens (tertiary/aromatic N) is 2. The molecule has 0 aliphatic heterocycles. The highest BCUT2D eigenvalue weighted by molar-refractivity contribution is 5.11. The highest BCUT2D eigenvalue weighted by Gasteiger charge is 2.24. The third kappa shape index (κ3) is 4.13. The Labute approximate surface area is 112 Å². The fourth-order valence-corrected chi connectivity index (χ4v) is 2.33. The summed E-state index contributed by atoms with van der Waals surface area (Å²) in [6.45, 7) is 14.3. The quantitative estimate of drug-likeness (QED) is 0.719. The van der Waals surface area contributed by atoms with Gasteiger partial charge in [0.2, 0.25) is 0 Å². The van der Waals surface area contributed by atoms with Crippen molar-refractivity contribution in [1.82, 2.24) is 15.1 Å². The van der Waals surface area contributed by atoms with Crippen molar-refractivity contribution in [3.63, 3.8) is 0 Å². The summed E-state index contributed by atoms with van der Waals surface area (Å²) in [6, 6.07) is 2.23. The van der Waals surface area contributed by atoms with Crippen molar-refractivity contribution in [1.29, 1.82) is 0 Å². The van der Waals surface area contributed by atoms with E-state index < -0.39 is 0 Å². The third-order valence-electron chi connectivity index (χ3n) is 3.73. The highest BCUT2D eigenvalue weighted by atomic mass is 15.3. The first-order valence-electron chi connectivity index (χ1n) is 7.28. The molecule has 0 aromatic carbocycles. The molecule has 3 nitrogen and oxygen atoms in total. The molecule has 0 radical (unpaired) electrons. The topological polar surface area (TPSA) is 29.9 Å². The molecule has 104 valence electrons. The molecule has 0 fully saturated rings. The second-order valence-corrected chi connectivity index (χ2v) is 5.61. The van der Waals surface area contributed by atoms with Crippen LogP contribution in [0.25, 0.3) is 0 Å². The van der Waals surface area contributed by atoms with E-state index in [-0.39, 0.29) is 0 Å². The van der Waals surface area contributed by atoms with Gasteiger partial charge in [0.15, 0.2) is 0 Å². The molecule has 0 saturated heterocycles. The fraction of sp³-hybridized carbons (Fsp3) is 0.800. The Bertz CT molecular complexity index is 357. The van der Waals surface area contributed by atoms with E-state index in [4.69, 9.17) is 0 Å². The molecular formula is C15H29N3. The van der Waals surface area contributed by atoms with Crippen molar-refractivity contribution in [2.75, 3.05) is 13.1 Å². The van der Waals surface area contributed by atoms with Gasteiger partial charge in [-0.2, -0.15) is 5.10 Å². The Morgan fingerprint density at radius 3 is 2.61 bits per heavy atom. The smallest absolute Gasteiger partial charge is 0.0596 e. The van der Waals surface area contributed by atoms with Gasteiger partial charge in [0.25, 0.3) is 0 Å². The minimum absolute atomic E-state index is 0.328. The maximum Gasteiger partial charge on any atom is 0.0596 e. The normalized spacial score (nSPS) is 14.7. The molecule has 1 aromatic rings. The Morgan fingerprint density at radius 2 is 2.06 bits per heavy atom. The Morgan fingerprint density at radius 1 is 1.33 bits per heavy atom. The molecule has 0 spiro atoms. The second-order valence-electron chi connectivity index (χ2n) is 5.61. The molecule has 0 bridgehead atoms. The summed E-state index contributed by atoms with van der Waals surface area (Å²) >= 11 is 0. The summed E-state index contributed by atoms with van der Waals surface area (Å²) < 4.78 is 2.14. The molecule has 1 atom stereocenters. The SMILES string of the molecule is CCCNCC(C)(CC)Cc1cc(C)nn1CC. The summed E-state index contributed by atoms with van der Waals surface area (Å²) in [4.78, 5) is 0. The first-order chi connectivity index (χ1) is 8.54. The summed E-state index contributed by atoms with van der Waals surface area (Å²) in [5, 5.41) is 8.10. The number of nitrogens with one attached hydrogen (secondary N) is 1. The first-order valence-corrected chi connectivity index (χ1v) is 7.28. The van der Waals surface area contributed by atoms with Crippen LogP contribution in [-0.4, -0.2) is 22.9 Å². The monoisotopic (exact) mass is 251 g/mol. The van der Waals surface area contributed by atoms with Gasteiger partial charge in [-0.3, -0.25) is 4.68 Å². The van der Waals surface area contributed by atoms with Gasteiger partial charge < -0.3 is 5.32 Å². The minimum Gasteiger partial charge on any atom is -0.316 e. The number of hydrogen-bond acceptors (Lipinski definition) is 2. The second kappa shape index (κ2) is 6.93. The minimum atomic E-state index is 0.328. The number of aromatic nitrogens is 2. The number of hydrogen-bond donors (Lipinski definition) is 1. The zero-order valence-corrected chi connectivity index (χ0v) is 12.7. The predicted molar refractivity (Wildman–Crippen MR) is 77.9 cm³/mol. The van der Waals surface area contributed by atoms with Crippen LogP contribution in [0.1, 0.15) is 51.9 Å². The van der Waals surface area contributed by atoms with Gasteiger partial charge in [-0.25, -0.2) is 0 Å². The van der Waals surface area contributed by atoms with Gasteiger partial charge in [-0.1, -0.05) is 20.8 Å². The van der Waals surface area contributed by atoms with Gasteiger partial charge in [-0.15, -0.1) is 0 Å². The molecule has 3 heteroatoms. The summed E-state index contributed by atoms with van der Waals surface area (Å²) in [5.74, 6) is 0. The van der Waals surface area contributed by atoms with Crippen LogP contribution in [0.3, 0.4) is 0 Å². The molecule has 1 N–H and O–H groups in total. The molecule has 0 amide bonds. The van der Waals surface area contributed by atoms with E-state index in [0.29, 0.717) is 5.41 Å². The van der Waals surface area contributed by atoms with Crippen LogP contribution in [0.2, 0.25) is 0 Å². The lowest BCUT2D eigenvalue weighted by molar-refractivity contribution is 0.283. The molecule has 18 heavy (non-hydrogen) atoms. The summed E-state index contributed by atoms with van der Waals surface area (Å²) in [7, 11) is 0. The maximum atomic E-state index is 4.54. The summed E-state index contributed by atoms with van der Waals surface area (Å²) in [6.07, 6.45) is 3.50. The van der Waals surface area contributed by atoms with Crippen molar-refractivity contribution in [2.24, 2.45) is 5.41 Å². The average Bonchev–Trinajstić information content (AvgIpc) is 2.69. The van der Waals surface area contributed by atoms with Crippen LogP contribution >= 0.6 is 0 Å². The zero-order chi connectivity index (χ0) is 13.6. The van der Waals surface area contributed by atoms with Crippen LogP contribution < -0.4 is 5.32 Å². The van der Waals surface area contributed by atoms with Crippen molar-refractivity contribution < 1.29 is 0 Å². The van der Waals surface area contributed by atoms with E-state index in [2.05, 4.69) is 55.8 Å². The Kier molecular flexibility index (Phi) is 5.86. The van der Waals surface area contributed by atoms with Gasteiger partial charge in [0, 0.05) is 18.8 Å². The van der Waals surface area contributed by atoms with Crippen LogP contribution in [0.5, 0.6) is 0 Å². The molecule has 1 aromatic heterocycles. The molecule has 1 unspecified atom stereocenters. The van der Waals surface area contributed by atoms with Crippen LogP contribution in [-0.2, 0) is 13.0 Å². The lowest BCUT2D eigenvalue weighted by atomic mass is 9.82. The van der Waals surface area contributed by atoms with E-state index in [1.807, 2.05) is 0 Å². The van der Waals surface area contributed by atoms with Crippen molar-refractivity contribution in [3.05, 3.63) is 17.5 Å². The largest absolute Gasteiger partial charge is 0.316 e. The van der Waals surface area contributed by atoms with Crippen LogP contribution in [0.4, 0.5) is 0 Å². The molecule has 0 aliphatic carbocycles. The molecule has 1 rings (SSSR count). The average molecular weight is 251 g/mol. The lowest BCUT2D eigenvalue weighted by Crippen LogP contribution is -2.34. The third-order valence-corrected chi connectivity index (χ3v) is 3.73. The van der Waals surface area contributed by atoms with Gasteiger partial charge >= 0.3 is 0 Å². The van der Waals surface area contributed by atoms with Crippen molar-refractivity contribution in [2.45, 2.75) is 60.4 Å². The van der Waals surface area contributed by atoms with E-state index >= 15 is 0 Å². The highest BCUT2D eigenvalue weighted by Crippen LogP contribution is 2.26. The maximum absolute atomic E-state index is 4.54. The zero-order valence-electron chi connectivity index (χ0n) is 12.7. The Hall–Kier alpha value is -0.830. The lowest BCUT2D eigenvalue weighted by Gasteiger charge is -2.29. The number of rotatable bonds is 8. The van der Waals surface area contributed by atoms with Crippen LogP contribution in [0.15, 0.2) is 6.07 Å². The molecule has 0 aliphatic rings. The molecule has 1 heterocycles. The molecular weight excluding hydrogens is 222 g/mol. The van der Waals surface area contributed by atoms with E-state index in [0.717, 1.165) is 31.7 Å². The van der Waals surface area contributed by atoms with Gasteiger partial charge in [0.05, 0.1) is 5.69 Å². The van der Waals surface area contributed by atoms with E-state index in [1.54, 1.807) is 0 Å². The van der Waals surface area contributed by atoms with Crippen molar-refractivity contribution >= 4 is 0 Å². The first kappa shape index (κ1) is 15.2. The number of aryl methyl sites for hydroxylation is 2. The molecule has 0 saturated carbocycles. The van der Waals surface area contributed by atoms with Gasteiger partial charge in [0.1, 0.15) is 0 Å². The fourth-order valence-electron chi connectivity index (χ4n) is 2.33. The van der Waals surface area contributed by atoms with Crippen molar-refractivity contribution in [3.8, 4) is 0 Å². The predicted octanol–water partition coefficient (Wildman–Crippen LogP) is 3.17. The van der Waals surface area contributed by atoms with E-state index in [1.165, 1.54) is 18.5 Å². The summed E-state index contributed by atoms with van der Waals surface area (Å²) in [5.41, 5.74) is 2.83. The van der Waals surface area contributed by atoms with Crippen LogP contribution in [0, 0.1) is 12.3 Å². The Balaban J connectivity index is 2.71.